The van der Waals surface area contributed by atoms with Gasteiger partial charge in [0.25, 0.3) is 5.79 Å². The number of benzene rings is 1. The number of methoxy groups -OCH3 is 1. The minimum Gasteiger partial charge on any atom is -0.462 e. The Bertz CT molecular complexity index is 1240. The molecule has 1 N–H and O–H groups in total. The van der Waals surface area contributed by atoms with Crippen LogP contribution in [0, 0.1) is 0 Å². The number of nitrogens with zero attached hydrogens (tertiary/aromatic N) is 2. The van der Waals surface area contributed by atoms with E-state index in [1.165, 1.54) is 45.2 Å². The van der Waals surface area contributed by atoms with Crippen LogP contribution >= 0.6 is 0 Å². The Morgan fingerprint density at radius 3 is 2.48 bits per heavy atom. The number of ketones is 1. The summed E-state index contributed by atoms with van der Waals surface area (Å²) in [6.45, 7) is 4.85. The Balaban J connectivity index is 2.18. The molecular formula is C28H33F4N3O7. The third-order valence-corrected chi connectivity index (χ3v) is 6.49. The van der Waals surface area contributed by atoms with Crippen LogP contribution in [-0.4, -0.2) is 87.4 Å². The fraction of sp³-hybridized carbons (Fsp3) is 0.464. The summed E-state index contributed by atoms with van der Waals surface area (Å²) in [5, 5.41) is 2.97. The van der Waals surface area contributed by atoms with Crippen molar-refractivity contribution in [3.8, 4) is 0 Å². The van der Waals surface area contributed by atoms with Crippen molar-refractivity contribution in [2.24, 2.45) is 0 Å². The number of allylic oxidation sites excluding steroid dienone is 2. The second kappa shape index (κ2) is 14.4. The van der Waals surface area contributed by atoms with Crippen LogP contribution in [0.3, 0.4) is 0 Å². The highest BCUT2D eigenvalue weighted by Crippen LogP contribution is 2.49. The maximum atomic E-state index is 17.7. The molecule has 42 heavy (non-hydrogen) atoms. The van der Waals surface area contributed by atoms with E-state index < -0.39 is 71.0 Å². The molecule has 1 fully saturated rings. The molecule has 3 atom stereocenters. The Morgan fingerprint density at radius 1 is 1.17 bits per heavy atom. The van der Waals surface area contributed by atoms with Gasteiger partial charge in [-0.2, -0.15) is 0 Å². The van der Waals surface area contributed by atoms with E-state index in [0.29, 0.717) is 5.06 Å². The van der Waals surface area contributed by atoms with Gasteiger partial charge in [-0.05, 0) is 25.5 Å². The van der Waals surface area contributed by atoms with Gasteiger partial charge in [-0.1, -0.05) is 24.8 Å². The zero-order valence-electron chi connectivity index (χ0n) is 23.5. The number of alkyl halides is 2. The van der Waals surface area contributed by atoms with Crippen LogP contribution in [-0.2, 0) is 33.4 Å². The van der Waals surface area contributed by atoms with E-state index in [2.05, 4.69) is 16.6 Å². The molecule has 0 bridgehead atoms. The summed E-state index contributed by atoms with van der Waals surface area (Å²) in [5.74, 6) is -11.0. The lowest BCUT2D eigenvalue weighted by Crippen LogP contribution is -2.60. The van der Waals surface area contributed by atoms with E-state index in [1.807, 2.05) is 0 Å². The number of Topliss-reactive ketones (excluding diaryl/α,β-unsaturated/α-hetero) is 1. The molecule has 1 aliphatic carbocycles. The number of esters is 1. The summed E-state index contributed by atoms with van der Waals surface area (Å²) in [4.78, 5) is 43.4. The molecule has 1 amide bonds. The van der Waals surface area contributed by atoms with Crippen LogP contribution in [0.2, 0.25) is 0 Å². The van der Waals surface area contributed by atoms with Gasteiger partial charge in [-0.15, -0.1) is 0 Å². The average Bonchev–Trinajstić information content (AvgIpc) is 3.41. The van der Waals surface area contributed by atoms with Crippen molar-refractivity contribution in [2.75, 3.05) is 51.9 Å². The number of hydrogen-bond acceptors (Lipinski definition) is 9. The number of amides is 1. The number of carbonyl (C=O) groups is 3. The van der Waals surface area contributed by atoms with Gasteiger partial charge in [0.2, 0.25) is 11.7 Å². The van der Waals surface area contributed by atoms with Gasteiger partial charge < -0.3 is 24.4 Å². The summed E-state index contributed by atoms with van der Waals surface area (Å²) in [7, 11) is 1.42. The number of para-hydroxylation sites is 1. The molecule has 230 valence electrons. The molecular weight excluding hydrogens is 566 g/mol. The predicted octanol–water partition coefficient (Wildman–Crippen LogP) is 3.37. The van der Waals surface area contributed by atoms with Crippen LogP contribution < -0.4 is 10.4 Å². The first-order valence-electron chi connectivity index (χ1n) is 13.1. The second-order valence-electron chi connectivity index (χ2n) is 9.36. The molecule has 0 aromatic heterocycles. The summed E-state index contributed by atoms with van der Waals surface area (Å²) < 4.78 is 80.7. The molecule has 10 nitrogen and oxygen atoms in total. The van der Waals surface area contributed by atoms with Crippen LogP contribution in [0.5, 0.6) is 0 Å². The van der Waals surface area contributed by atoms with Gasteiger partial charge >= 0.3 is 5.97 Å². The topological polar surface area (TPSA) is 107 Å². The SMILES string of the molecule is C=C(C(=O)OCC)C(=O)C1=C(F)C(F)=C(N2CCC(NC(C)=O)C2)C(F)(N(OCOCCOC)c2ccccc2)C1F. The number of nitrogens with one attached hydrogen (secondary N) is 1. The van der Waals surface area contributed by atoms with Crippen LogP contribution in [0.15, 0.2) is 65.4 Å². The molecule has 3 unspecified atom stereocenters. The number of carbonyl (C=O) groups excluding carboxylic acids is 3. The lowest BCUT2D eigenvalue weighted by Gasteiger charge is -2.45. The van der Waals surface area contributed by atoms with E-state index in [-0.39, 0.29) is 45.0 Å². The van der Waals surface area contributed by atoms with E-state index in [9.17, 15) is 14.4 Å². The number of anilines is 1. The van der Waals surface area contributed by atoms with Crippen molar-refractivity contribution in [3.63, 3.8) is 0 Å². The highest BCUT2D eigenvalue weighted by molar-refractivity contribution is 6.24. The van der Waals surface area contributed by atoms with Crippen molar-refractivity contribution in [1.82, 2.24) is 10.2 Å². The molecule has 0 radical (unpaired) electrons. The lowest BCUT2D eigenvalue weighted by molar-refractivity contribution is -0.140. The molecule has 0 saturated carbocycles. The number of halogens is 4. The van der Waals surface area contributed by atoms with Crippen LogP contribution in [0.4, 0.5) is 23.2 Å². The van der Waals surface area contributed by atoms with Gasteiger partial charge in [0.1, 0.15) is 11.3 Å². The molecule has 0 spiro atoms. The smallest absolute Gasteiger partial charge is 0.341 e. The van der Waals surface area contributed by atoms with E-state index in [4.69, 9.17) is 14.3 Å². The maximum Gasteiger partial charge on any atom is 0.341 e. The standard InChI is InChI=1S/C28H33F4N3O7/c1-5-41-27(38)17(2)24(37)21-22(29)23(30)26(34-12-11-19(15-34)33-18(3)36)28(32,25(21)31)35(20-9-7-6-8-10-20)42-16-40-14-13-39-4/h6-10,19,25H,2,5,11-16H2,1,3-4H3,(H,33,36). The van der Waals surface area contributed by atoms with Gasteiger partial charge in [0.05, 0.1) is 31.1 Å². The third-order valence-electron chi connectivity index (χ3n) is 6.49. The first-order chi connectivity index (χ1) is 20.0. The van der Waals surface area contributed by atoms with Gasteiger partial charge in [-0.3, -0.25) is 9.59 Å². The zero-order chi connectivity index (χ0) is 31.0. The number of rotatable bonds is 14. The number of likely N-dealkylation sites (tertiary alicyclic amines) is 1. The molecule has 1 heterocycles. The van der Waals surface area contributed by atoms with Crippen molar-refractivity contribution in [3.05, 3.63) is 65.4 Å². The van der Waals surface area contributed by atoms with E-state index in [1.54, 1.807) is 6.07 Å². The molecule has 1 aromatic carbocycles. The fourth-order valence-electron chi connectivity index (χ4n) is 4.63. The zero-order valence-corrected chi connectivity index (χ0v) is 23.5. The van der Waals surface area contributed by atoms with Crippen LogP contribution in [0.1, 0.15) is 20.3 Å². The second-order valence-corrected chi connectivity index (χ2v) is 9.36. The highest BCUT2D eigenvalue weighted by Gasteiger charge is 2.61. The first-order valence-corrected chi connectivity index (χ1v) is 13.1. The first kappa shape index (κ1) is 32.8. The molecule has 1 saturated heterocycles. The van der Waals surface area contributed by atoms with Crippen molar-refractivity contribution >= 4 is 23.3 Å². The fourth-order valence-corrected chi connectivity index (χ4v) is 4.63. The van der Waals surface area contributed by atoms with Crippen molar-refractivity contribution < 1.29 is 51.0 Å². The number of hydroxylamine groups is 1. The quantitative estimate of drug-likeness (QED) is 0.0397. The van der Waals surface area contributed by atoms with Crippen LogP contribution in [0.25, 0.3) is 0 Å². The lowest BCUT2D eigenvalue weighted by atomic mass is 9.86. The largest absolute Gasteiger partial charge is 0.462 e. The molecule has 2 aliphatic rings. The molecule has 1 aliphatic heterocycles. The minimum atomic E-state index is -3.73. The Labute approximate surface area is 240 Å². The van der Waals surface area contributed by atoms with E-state index >= 15 is 17.6 Å². The number of ether oxygens (including phenoxy) is 3. The Hall–Kier alpha value is -3.75. The summed E-state index contributed by atoms with van der Waals surface area (Å²) in [5.41, 5.74) is -3.89. The van der Waals surface area contributed by atoms with Crippen molar-refractivity contribution in [2.45, 2.75) is 38.3 Å². The summed E-state index contributed by atoms with van der Waals surface area (Å²) in [6, 6.07) is 6.54. The molecule has 3 rings (SSSR count). The van der Waals surface area contributed by atoms with Gasteiger partial charge in [0, 0.05) is 33.2 Å². The summed E-state index contributed by atoms with van der Waals surface area (Å²) >= 11 is 0. The molecule has 14 heteroatoms. The Kier molecular flexibility index (Phi) is 11.3. The predicted molar refractivity (Wildman–Crippen MR) is 142 cm³/mol. The highest BCUT2D eigenvalue weighted by atomic mass is 19.2. The average molecular weight is 600 g/mol. The maximum absolute atomic E-state index is 17.7. The van der Waals surface area contributed by atoms with Gasteiger partial charge in [0.15, 0.2) is 24.6 Å². The third kappa shape index (κ3) is 6.82. The normalized spacial score (nSPS) is 22.3. The Morgan fingerprint density at radius 2 is 1.86 bits per heavy atom. The molecule has 1 aromatic rings. The van der Waals surface area contributed by atoms with Gasteiger partial charge in [-0.25, -0.2) is 32.3 Å². The minimum absolute atomic E-state index is 0.00330. The van der Waals surface area contributed by atoms with Crippen molar-refractivity contribution in [1.29, 1.82) is 0 Å². The monoisotopic (exact) mass is 599 g/mol. The number of hydrogen-bond donors (Lipinski definition) is 1. The van der Waals surface area contributed by atoms with E-state index in [0.717, 1.165) is 4.90 Å². The summed E-state index contributed by atoms with van der Waals surface area (Å²) in [6.07, 6.45) is -3.04.